The van der Waals surface area contributed by atoms with Crippen molar-refractivity contribution in [3.8, 4) is 0 Å². The first-order chi connectivity index (χ1) is 13.9. The van der Waals surface area contributed by atoms with Gasteiger partial charge in [-0.1, -0.05) is 92.4 Å². The van der Waals surface area contributed by atoms with Crippen LogP contribution in [0.3, 0.4) is 0 Å². The third kappa shape index (κ3) is 9.84. The highest BCUT2D eigenvalue weighted by molar-refractivity contribution is 9.10. The third-order valence-corrected chi connectivity index (χ3v) is 5.27. The Morgan fingerprint density at radius 2 is 1.55 bits per heavy atom. The highest BCUT2D eigenvalue weighted by Crippen LogP contribution is 2.24. The molecule has 5 heteroatoms. The summed E-state index contributed by atoms with van der Waals surface area (Å²) >= 11 is 3.34. The smallest absolute Gasteiger partial charge is 0.211 e. The Hall–Kier alpha value is -2.01. The minimum atomic E-state index is -0.411. The van der Waals surface area contributed by atoms with Crippen LogP contribution in [-0.2, 0) is 6.42 Å². The Morgan fingerprint density at radius 3 is 2.03 bits per heavy atom. The second-order valence-corrected chi connectivity index (χ2v) is 8.11. The predicted octanol–water partition coefficient (Wildman–Crippen LogP) is 7.23. The van der Waals surface area contributed by atoms with E-state index in [4.69, 9.17) is 0 Å². The maximum Gasteiger partial charge on any atom is 0.211 e. The van der Waals surface area contributed by atoms with Crippen molar-refractivity contribution in [3.63, 3.8) is 0 Å². The molecule has 0 spiro atoms. The van der Waals surface area contributed by atoms with Gasteiger partial charge < -0.3 is 0 Å². The number of benzene rings is 2. The molecule has 0 bridgehead atoms. The van der Waals surface area contributed by atoms with Crippen molar-refractivity contribution in [1.82, 2.24) is 0 Å². The predicted molar refractivity (Wildman–Crippen MR) is 123 cm³/mol. The number of Topliss-reactive ketones (excluding diaryl/α,β-unsaturated/α-hetero) is 1. The first-order valence-electron chi connectivity index (χ1n) is 10.4. The highest BCUT2D eigenvalue weighted by atomic mass is 79.9. The second kappa shape index (κ2) is 14.0. The van der Waals surface area contributed by atoms with E-state index < -0.39 is 5.92 Å². The van der Waals surface area contributed by atoms with Crippen molar-refractivity contribution in [2.75, 3.05) is 6.54 Å². The molecule has 4 nitrogen and oxygen atoms in total. The number of nitrogens with zero attached hydrogens (tertiary/aromatic N) is 1. The van der Waals surface area contributed by atoms with Gasteiger partial charge in [-0.3, -0.25) is 14.9 Å². The Kier molecular flexibility index (Phi) is 12.1. The number of unbranched alkanes of at least 4 members (excludes halogenated alkanes) is 2. The average molecular weight is 462 g/mol. The van der Waals surface area contributed by atoms with Crippen LogP contribution in [0.15, 0.2) is 53.0 Å². The summed E-state index contributed by atoms with van der Waals surface area (Å²) < 4.78 is 0.897. The van der Waals surface area contributed by atoms with Gasteiger partial charge in [0.05, 0.1) is 5.92 Å². The van der Waals surface area contributed by atoms with Gasteiger partial charge in [0.2, 0.25) is 6.54 Å². The zero-order valence-electron chi connectivity index (χ0n) is 17.7. The SMILES string of the molecule is CCCC.CCCCc1ccc(C(CC(=O)c2ccc(Br)cc2)C[N+](=O)[O-])cc1. The van der Waals surface area contributed by atoms with Crippen molar-refractivity contribution in [3.05, 3.63) is 79.8 Å². The van der Waals surface area contributed by atoms with Crippen LogP contribution in [0.5, 0.6) is 0 Å². The van der Waals surface area contributed by atoms with Crippen LogP contribution in [0.4, 0.5) is 0 Å². The Balaban J connectivity index is 0.000000960. The molecule has 0 aliphatic carbocycles. The van der Waals surface area contributed by atoms with E-state index in [0.29, 0.717) is 5.56 Å². The lowest BCUT2D eigenvalue weighted by Crippen LogP contribution is -2.16. The zero-order valence-corrected chi connectivity index (χ0v) is 19.3. The van der Waals surface area contributed by atoms with Gasteiger partial charge in [0.15, 0.2) is 5.78 Å². The molecule has 0 N–H and O–H groups in total. The van der Waals surface area contributed by atoms with E-state index in [1.807, 2.05) is 24.3 Å². The van der Waals surface area contributed by atoms with Crippen LogP contribution in [0.25, 0.3) is 0 Å². The fourth-order valence-corrected chi connectivity index (χ4v) is 3.05. The quantitative estimate of drug-likeness (QED) is 0.213. The van der Waals surface area contributed by atoms with Gasteiger partial charge in [-0.15, -0.1) is 0 Å². The number of hydrogen-bond donors (Lipinski definition) is 0. The summed E-state index contributed by atoms with van der Waals surface area (Å²) in [4.78, 5) is 23.2. The number of ketones is 1. The van der Waals surface area contributed by atoms with Gasteiger partial charge >= 0.3 is 0 Å². The van der Waals surface area contributed by atoms with Gasteiger partial charge in [-0.05, 0) is 36.1 Å². The highest BCUT2D eigenvalue weighted by Gasteiger charge is 2.22. The molecule has 2 aromatic carbocycles. The number of carbonyl (C=O) groups is 1. The van der Waals surface area contributed by atoms with Crippen LogP contribution in [0.2, 0.25) is 0 Å². The van der Waals surface area contributed by atoms with Crippen LogP contribution >= 0.6 is 15.9 Å². The van der Waals surface area contributed by atoms with Gasteiger partial charge in [-0.2, -0.15) is 0 Å². The maximum atomic E-state index is 12.5. The van der Waals surface area contributed by atoms with Crippen molar-refractivity contribution in [2.24, 2.45) is 0 Å². The molecule has 1 unspecified atom stereocenters. The molecule has 29 heavy (non-hydrogen) atoms. The van der Waals surface area contributed by atoms with Crippen molar-refractivity contribution in [1.29, 1.82) is 0 Å². The monoisotopic (exact) mass is 461 g/mol. The van der Waals surface area contributed by atoms with Crippen LogP contribution < -0.4 is 0 Å². The summed E-state index contributed by atoms with van der Waals surface area (Å²) in [5.41, 5.74) is 2.66. The molecule has 0 radical (unpaired) electrons. The number of halogens is 1. The molecule has 0 saturated carbocycles. The summed E-state index contributed by atoms with van der Waals surface area (Å²) in [7, 11) is 0. The molecule has 0 amide bonds. The van der Waals surface area contributed by atoms with Crippen LogP contribution in [0, 0.1) is 10.1 Å². The summed E-state index contributed by atoms with van der Waals surface area (Å²) in [6, 6.07) is 15.0. The molecule has 158 valence electrons. The summed E-state index contributed by atoms with van der Waals surface area (Å²) in [5.74, 6) is -0.485. The molecule has 0 aliphatic heterocycles. The lowest BCUT2D eigenvalue weighted by atomic mass is 9.90. The first-order valence-corrected chi connectivity index (χ1v) is 11.2. The van der Waals surface area contributed by atoms with Crippen LogP contribution in [-0.4, -0.2) is 17.3 Å². The Labute approximate surface area is 183 Å². The topological polar surface area (TPSA) is 60.2 Å². The average Bonchev–Trinajstić information content (AvgIpc) is 2.72. The van der Waals surface area contributed by atoms with Crippen LogP contribution in [0.1, 0.15) is 80.3 Å². The molecular weight excluding hydrogens is 430 g/mol. The number of rotatable bonds is 10. The lowest BCUT2D eigenvalue weighted by Gasteiger charge is -2.13. The molecule has 2 rings (SSSR count). The fraction of sp³-hybridized carbons (Fsp3) is 0.458. The Morgan fingerprint density at radius 1 is 0.966 bits per heavy atom. The van der Waals surface area contributed by atoms with E-state index in [1.54, 1.807) is 24.3 Å². The van der Waals surface area contributed by atoms with Gasteiger partial charge in [0.1, 0.15) is 0 Å². The molecule has 0 aromatic heterocycles. The van der Waals surface area contributed by atoms with E-state index >= 15 is 0 Å². The van der Waals surface area contributed by atoms with E-state index in [1.165, 1.54) is 18.4 Å². The zero-order chi connectivity index (χ0) is 21.6. The van der Waals surface area contributed by atoms with Gasteiger partial charge in [-0.25, -0.2) is 0 Å². The van der Waals surface area contributed by atoms with E-state index in [2.05, 4.69) is 36.7 Å². The normalized spacial score (nSPS) is 11.3. The fourth-order valence-electron chi connectivity index (χ4n) is 2.78. The Bertz CT molecular complexity index is 740. The molecule has 2 aromatic rings. The molecule has 0 fully saturated rings. The maximum absolute atomic E-state index is 12.5. The second-order valence-electron chi connectivity index (χ2n) is 7.19. The lowest BCUT2D eigenvalue weighted by molar-refractivity contribution is -0.483. The summed E-state index contributed by atoms with van der Waals surface area (Å²) in [5, 5.41) is 11.0. The molecule has 1 atom stereocenters. The minimum Gasteiger partial charge on any atom is -0.294 e. The number of hydrogen-bond acceptors (Lipinski definition) is 3. The summed E-state index contributed by atoms with van der Waals surface area (Å²) in [6.45, 7) is 6.27. The molecule has 0 saturated heterocycles. The van der Waals surface area contributed by atoms with E-state index in [9.17, 15) is 14.9 Å². The van der Waals surface area contributed by atoms with E-state index in [-0.39, 0.29) is 23.7 Å². The minimum absolute atomic E-state index is 0.0746. The van der Waals surface area contributed by atoms with E-state index in [0.717, 1.165) is 29.3 Å². The third-order valence-electron chi connectivity index (χ3n) is 4.74. The van der Waals surface area contributed by atoms with Crippen molar-refractivity contribution >= 4 is 21.7 Å². The number of carbonyl (C=O) groups excluding carboxylic acids is 1. The standard InChI is InChI=1S/C20H22BrNO3.C4H10/c1-2-3-4-15-5-7-16(8-6-15)18(14-22(24)25)13-20(23)17-9-11-19(21)12-10-17;1-3-4-2/h5-12,18H,2-4,13-14H2,1H3;3-4H2,1-2H3. The molecular formula is C24H32BrNO3. The summed E-state index contributed by atoms with van der Waals surface area (Å²) in [6.07, 6.45) is 6.04. The van der Waals surface area contributed by atoms with Gasteiger partial charge in [0.25, 0.3) is 0 Å². The first kappa shape index (κ1) is 25.0. The largest absolute Gasteiger partial charge is 0.294 e. The van der Waals surface area contributed by atoms with Crippen molar-refractivity contribution in [2.45, 2.75) is 65.2 Å². The molecule has 0 aliphatic rings. The number of nitro groups is 1. The van der Waals surface area contributed by atoms with Gasteiger partial charge in [0, 0.05) is 21.4 Å². The van der Waals surface area contributed by atoms with Crippen molar-refractivity contribution < 1.29 is 9.72 Å². The molecule has 0 heterocycles. The number of aryl methyl sites for hydroxylation is 1.